The molecule has 1 aliphatic carbocycles. The maximum absolute atomic E-state index is 6.12. The van der Waals surface area contributed by atoms with Crippen LogP contribution >= 0.6 is 0 Å². The number of hydrogen-bond acceptors (Lipinski definition) is 3. The van der Waals surface area contributed by atoms with Crippen LogP contribution in [0.2, 0.25) is 0 Å². The van der Waals surface area contributed by atoms with Gasteiger partial charge < -0.3 is 10.5 Å². The number of hydrogen-bond donors (Lipinski definition) is 1. The third kappa shape index (κ3) is 3.95. The summed E-state index contributed by atoms with van der Waals surface area (Å²) < 4.78 is 6.12. The second-order valence-electron chi connectivity index (χ2n) is 7.08. The van der Waals surface area contributed by atoms with Crippen LogP contribution in [-0.4, -0.2) is 11.1 Å². The van der Waals surface area contributed by atoms with Crippen molar-refractivity contribution in [3.05, 3.63) is 23.4 Å². The van der Waals surface area contributed by atoms with Crippen molar-refractivity contribution in [1.29, 1.82) is 0 Å². The Hall–Kier alpha value is -1.09. The summed E-state index contributed by atoms with van der Waals surface area (Å²) in [5.74, 6) is 1.15. The Morgan fingerprint density at radius 1 is 1.30 bits per heavy atom. The fraction of sp³-hybridized carbons (Fsp3) is 0.706. The van der Waals surface area contributed by atoms with Gasteiger partial charge in [-0.05, 0) is 48.6 Å². The zero-order valence-corrected chi connectivity index (χ0v) is 13.3. The van der Waals surface area contributed by atoms with E-state index < -0.39 is 0 Å². The first-order chi connectivity index (χ1) is 9.39. The van der Waals surface area contributed by atoms with Crippen molar-refractivity contribution in [2.45, 2.75) is 71.9 Å². The Labute approximate surface area is 122 Å². The molecule has 2 N–H and O–H groups in total. The van der Waals surface area contributed by atoms with Gasteiger partial charge in [0.15, 0.2) is 0 Å². The fourth-order valence-corrected chi connectivity index (χ4v) is 2.72. The van der Waals surface area contributed by atoms with Crippen molar-refractivity contribution in [3.8, 4) is 5.88 Å². The highest BCUT2D eigenvalue weighted by atomic mass is 16.5. The minimum absolute atomic E-state index is 0.309. The highest BCUT2D eigenvalue weighted by molar-refractivity contribution is 5.26. The summed E-state index contributed by atoms with van der Waals surface area (Å²) in [6.07, 6.45) is 5.01. The Morgan fingerprint density at radius 3 is 2.50 bits per heavy atom. The standard InChI is InChI=1S/C17H28N2O/c1-12(2)15-9-13(11-18)10-16(19-15)20-14-5-7-17(3,4)8-6-14/h9-10,12,14H,5-8,11,18H2,1-4H3. The van der Waals surface area contributed by atoms with Gasteiger partial charge in [-0.2, -0.15) is 0 Å². The van der Waals surface area contributed by atoms with E-state index in [9.17, 15) is 0 Å². The minimum atomic E-state index is 0.309. The Balaban J connectivity index is 2.07. The van der Waals surface area contributed by atoms with Crippen LogP contribution in [-0.2, 0) is 6.54 Å². The number of rotatable bonds is 4. The number of pyridine rings is 1. The van der Waals surface area contributed by atoms with Crippen molar-refractivity contribution >= 4 is 0 Å². The predicted molar refractivity (Wildman–Crippen MR) is 82.9 cm³/mol. The lowest BCUT2D eigenvalue weighted by molar-refractivity contribution is 0.0946. The summed E-state index contributed by atoms with van der Waals surface area (Å²) >= 11 is 0. The Bertz CT molecular complexity index is 444. The van der Waals surface area contributed by atoms with Gasteiger partial charge in [0.2, 0.25) is 5.88 Å². The quantitative estimate of drug-likeness (QED) is 0.903. The van der Waals surface area contributed by atoms with Gasteiger partial charge in [-0.1, -0.05) is 27.7 Å². The lowest BCUT2D eigenvalue weighted by Gasteiger charge is -2.34. The average Bonchev–Trinajstić information content (AvgIpc) is 2.41. The first kappa shape index (κ1) is 15.3. The Morgan fingerprint density at radius 2 is 1.95 bits per heavy atom. The van der Waals surface area contributed by atoms with Crippen LogP contribution in [0.1, 0.15) is 70.6 Å². The molecule has 3 heteroatoms. The van der Waals surface area contributed by atoms with E-state index >= 15 is 0 Å². The first-order valence-corrected chi connectivity index (χ1v) is 7.77. The Kier molecular flexibility index (Phi) is 4.69. The lowest BCUT2D eigenvalue weighted by atomic mass is 9.76. The zero-order valence-electron chi connectivity index (χ0n) is 13.3. The van der Waals surface area contributed by atoms with Crippen LogP contribution in [0.5, 0.6) is 5.88 Å². The molecule has 0 saturated heterocycles. The van der Waals surface area contributed by atoms with E-state index in [1.165, 1.54) is 12.8 Å². The van der Waals surface area contributed by atoms with Gasteiger partial charge in [0.1, 0.15) is 6.10 Å². The molecule has 1 aromatic rings. The smallest absolute Gasteiger partial charge is 0.214 e. The molecule has 112 valence electrons. The SMILES string of the molecule is CC(C)c1cc(CN)cc(OC2CCC(C)(C)CC2)n1. The second kappa shape index (κ2) is 6.13. The van der Waals surface area contributed by atoms with E-state index in [0.717, 1.165) is 30.0 Å². The summed E-state index contributed by atoms with van der Waals surface area (Å²) in [5, 5.41) is 0. The van der Waals surface area contributed by atoms with E-state index in [-0.39, 0.29) is 0 Å². The third-order valence-corrected chi connectivity index (χ3v) is 4.28. The molecule has 1 fully saturated rings. The molecule has 0 aliphatic heterocycles. The molecule has 0 amide bonds. The number of nitrogens with zero attached hydrogens (tertiary/aromatic N) is 1. The first-order valence-electron chi connectivity index (χ1n) is 7.77. The number of aromatic nitrogens is 1. The fourth-order valence-electron chi connectivity index (χ4n) is 2.72. The topological polar surface area (TPSA) is 48.1 Å². The van der Waals surface area contributed by atoms with Crippen molar-refractivity contribution in [2.75, 3.05) is 0 Å². The molecule has 20 heavy (non-hydrogen) atoms. The monoisotopic (exact) mass is 276 g/mol. The zero-order chi connectivity index (χ0) is 14.8. The molecule has 1 aliphatic rings. The molecule has 0 aromatic carbocycles. The van der Waals surface area contributed by atoms with Crippen molar-refractivity contribution in [2.24, 2.45) is 11.1 Å². The molecule has 1 aromatic heterocycles. The molecule has 0 spiro atoms. The highest BCUT2D eigenvalue weighted by Crippen LogP contribution is 2.36. The molecule has 0 radical (unpaired) electrons. The largest absolute Gasteiger partial charge is 0.474 e. The van der Waals surface area contributed by atoms with Gasteiger partial charge in [-0.3, -0.25) is 0 Å². The maximum Gasteiger partial charge on any atom is 0.214 e. The molecule has 3 nitrogen and oxygen atoms in total. The van der Waals surface area contributed by atoms with E-state index in [4.69, 9.17) is 10.5 Å². The third-order valence-electron chi connectivity index (χ3n) is 4.28. The summed E-state index contributed by atoms with van der Waals surface area (Å²) in [5.41, 5.74) is 8.42. The van der Waals surface area contributed by atoms with E-state index in [1.54, 1.807) is 0 Å². The number of ether oxygens (including phenoxy) is 1. The minimum Gasteiger partial charge on any atom is -0.474 e. The van der Waals surface area contributed by atoms with E-state index in [2.05, 4.69) is 38.7 Å². The maximum atomic E-state index is 6.12. The number of nitrogens with two attached hydrogens (primary N) is 1. The molecular formula is C17H28N2O. The van der Waals surface area contributed by atoms with Crippen LogP contribution in [0.15, 0.2) is 12.1 Å². The van der Waals surface area contributed by atoms with Crippen LogP contribution in [0.4, 0.5) is 0 Å². The average molecular weight is 276 g/mol. The molecule has 1 saturated carbocycles. The normalized spacial score (nSPS) is 19.3. The van der Waals surface area contributed by atoms with Crippen LogP contribution in [0, 0.1) is 5.41 Å². The van der Waals surface area contributed by atoms with Gasteiger partial charge in [0, 0.05) is 18.3 Å². The van der Waals surface area contributed by atoms with Gasteiger partial charge in [0.25, 0.3) is 0 Å². The van der Waals surface area contributed by atoms with Crippen molar-refractivity contribution < 1.29 is 4.74 Å². The van der Waals surface area contributed by atoms with E-state index in [0.29, 0.717) is 24.0 Å². The van der Waals surface area contributed by atoms with Gasteiger partial charge in [-0.25, -0.2) is 4.98 Å². The molecule has 1 heterocycles. The van der Waals surface area contributed by atoms with Gasteiger partial charge >= 0.3 is 0 Å². The molecular weight excluding hydrogens is 248 g/mol. The van der Waals surface area contributed by atoms with Crippen LogP contribution < -0.4 is 10.5 Å². The van der Waals surface area contributed by atoms with Crippen LogP contribution in [0.25, 0.3) is 0 Å². The summed E-state index contributed by atoms with van der Waals surface area (Å²) in [6, 6.07) is 4.08. The molecule has 2 rings (SSSR count). The molecule has 0 bridgehead atoms. The summed E-state index contributed by atoms with van der Waals surface area (Å²) in [6.45, 7) is 9.52. The molecule has 0 atom stereocenters. The van der Waals surface area contributed by atoms with Crippen molar-refractivity contribution in [1.82, 2.24) is 4.98 Å². The van der Waals surface area contributed by atoms with E-state index in [1.807, 2.05) is 6.07 Å². The molecule has 0 unspecified atom stereocenters. The highest BCUT2D eigenvalue weighted by Gasteiger charge is 2.28. The van der Waals surface area contributed by atoms with Gasteiger partial charge in [-0.15, -0.1) is 0 Å². The second-order valence-corrected chi connectivity index (χ2v) is 7.08. The lowest BCUT2D eigenvalue weighted by Crippen LogP contribution is -2.28. The van der Waals surface area contributed by atoms with Gasteiger partial charge in [0.05, 0.1) is 0 Å². The van der Waals surface area contributed by atoms with Crippen molar-refractivity contribution in [3.63, 3.8) is 0 Å². The summed E-state index contributed by atoms with van der Waals surface area (Å²) in [4.78, 5) is 4.63. The van der Waals surface area contributed by atoms with Crippen LogP contribution in [0.3, 0.4) is 0 Å². The summed E-state index contributed by atoms with van der Waals surface area (Å²) in [7, 11) is 0. The predicted octanol–water partition coefficient (Wildman–Crippen LogP) is 4.01.